The van der Waals surface area contributed by atoms with Crippen LogP contribution in [0.4, 0.5) is 11.8 Å². The summed E-state index contributed by atoms with van der Waals surface area (Å²) in [5, 5.41) is 16.7. The Morgan fingerprint density at radius 3 is 2.32 bits per heavy atom. The lowest BCUT2D eigenvalue weighted by Gasteiger charge is -2.35. The number of aromatic nitrogens is 4. The van der Waals surface area contributed by atoms with Crippen LogP contribution in [-0.2, 0) is 11.2 Å². The minimum atomic E-state index is 0.0738. The number of piperazine rings is 1. The largest absolute Gasteiger partial charge is 0.352 e. The minimum absolute atomic E-state index is 0.0738. The fraction of sp³-hybridized carbons (Fsp3) is 0.474. The molecule has 1 fully saturated rings. The topological polar surface area (TPSA) is 102 Å². The number of rotatable bonds is 6. The Balaban J connectivity index is 1.53. The summed E-state index contributed by atoms with van der Waals surface area (Å²) >= 11 is 0. The van der Waals surface area contributed by atoms with Crippen molar-refractivity contribution in [1.82, 2.24) is 25.1 Å². The summed E-state index contributed by atoms with van der Waals surface area (Å²) in [5.74, 6) is 1.49. The van der Waals surface area contributed by atoms with Gasteiger partial charge in [-0.3, -0.25) is 4.79 Å². The van der Waals surface area contributed by atoms with Gasteiger partial charge in [-0.15, -0.1) is 10.2 Å². The third-order valence-electron chi connectivity index (χ3n) is 4.81. The van der Waals surface area contributed by atoms with Crippen LogP contribution >= 0.6 is 0 Å². The molecule has 146 valence electrons. The number of hydrogen-bond acceptors (Lipinski definition) is 8. The fourth-order valence-corrected chi connectivity index (χ4v) is 3.13. The van der Waals surface area contributed by atoms with E-state index in [0.717, 1.165) is 24.5 Å². The maximum Gasteiger partial charge on any atom is 0.227 e. The summed E-state index contributed by atoms with van der Waals surface area (Å²) in [5.41, 5.74) is 1.12. The van der Waals surface area contributed by atoms with Crippen LogP contribution in [-0.4, -0.2) is 70.2 Å². The first-order chi connectivity index (χ1) is 13.6. The second kappa shape index (κ2) is 9.08. The Morgan fingerprint density at radius 2 is 1.79 bits per heavy atom. The van der Waals surface area contributed by atoms with Crippen LogP contribution in [0.3, 0.4) is 0 Å². The standard InChI is InChI=1S/C19H24N8O/c1-3-25(4-2)19-21-13-15(14-22-19)11-18(28)27-9-7-26(8-10-27)17-6-5-16(12-20)23-24-17/h5-6,13-14H,3-4,7-11H2,1-2H3. The number of nitrogens with zero attached hydrogens (tertiary/aromatic N) is 8. The van der Waals surface area contributed by atoms with Crippen molar-refractivity contribution in [3.63, 3.8) is 0 Å². The zero-order chi connectivity index (χ0) is 19.9. The van der Waals surface area contributed by atoms with E-state index in [4.69, 9.17) is 5.26 Å². The summed E-state index contributed by atoms with van der Waals surface area (Å²) in [6, 6.07) is 5.40. The van der Waals surface area contributed by atoms with Gasteiger partial charge in [-0.2, -0.15) is 5.26 Å². The summed E-state index contributed by atoms with van der Waals surface area (Å²) < 4.78 is 0. The molecule has 3 heterocycles. The second-order valence-electron chi connectivity index (χ2n) is 6.50. The summed E-state index contributed by atoms with van der Waals surface area (Å²) in [6.07, 6.45) is 3.78. The Kier molecular flexibility index (Phi) is 6.32. The molecule has 0 N–H and O–H groups in total. The Hall–Kier alpha value is -3.28. The molecule has 1 amide bonds. The molecular formula is C19H24N8O. The lowest BCUT2D eigenvalue weighted by atomic mass is 10.2. The number of nitriles is 1. The zero-order valence-corrected chi connectivity index (χ0v) is 16.2. The lowest BCUT2D eigenvalue weighted by molar-refractivity contribution is -0.130. The van der Waals surface area contributed by atoms with Gasteiger partial charge in [-0.1, -0.05) is 0 Å². The van der Waals surface area contributed by atoms with Gasteiger partial charge >= 0.3 is 0 Å². The zero-order valence-electron chi connectivity index (χ0n) is 16.2. The Morgan fingerprint density at radius 1 is 1.11 bits per heavy atom. The highest BCUT2D eigenvalue weighted by molar-refractivity contribution is 5.79. The fourth-order valence-electron chi connectivity index (χ4n) is 3.13. The van der Waals surface area contributed by atoms with E-state index in [1.165, 1.54) is 0 Å². The molecule has 0 saturated carbocycles. The highest BCUT2D eigenvalue weighted by Gasteiger charge is 2.22. The molecule has 9 heteroatoms. The van der Waals surface area contributed by atoms with E-state index in [1.807, 2.05) is 11.0 Å². The van der Waals surface area contributed by atoms with E-state index in [0.29, 0.717) is 44.2 Å². The van der Waals surface area contributed by atoms with Crippen LogP contribution in [0.15, 0.2) is 24.5 Å². The third kappa shape index (κ3) is 4.52. The minimum Gasteiger partial charge on any atom is -0.352 e. The molecule has 3 rings (SSSR count). The van der Waals surface area contributed by atoms with Crippen LogP contribution in [0.5, 0.6) is 0 Å². The molecule has 1 saturated heterocycles. The van der Waals surface area contributed by atoms with Crippen LogP contribution in [0.25, 0.3) is 0 Å². The molecular weight excluding hydrogens is 356 g/mol. The molecule has 2 aromatic rings. The van der Waals surface area contributed by atoms with Gasteiger partial charge in [0.2, 0.25) is 11.9 Å². The molecule has 0 aliphatic carbocycles. The summed E-state index contributed by atoms with van der Waals surface area (Å²) in [7, 11) is 0. The van der Waals surface area contributed by atoms with E-state index in [-0.39, 0.29) is 5.91 Å². The number of amides is 1. The lowest BCUT2D eigenvalue weighted by Crippen LogP contribution is -2.49. The summed E-state index contributed by atoms with van der Waals surface area (Å²) in [4.78, 5) is 27.4. The SMILES string of the molecule is CCN(CC)c1ncc(CC(=O)N2CCN(c3ccc(C#N)nn3)CC2)cn1. The molecule has 0 unspecified atom stereocenters. The molecule has 0 spiro atoms. The smallest absolute Gasteiger partial charge is 0.227 e. The Bertz CT molecular complexity index is 819. The maximum atomic E-state index is 12.6. The molecule has 0 bridgehead atoms. The highest BCUT2D eigenvalue weighted by Crippen LogP contribution is 2.14. The van der Waals surface area contributed by atoms with Crippen LogP contribution in [0.1, 0.15) is 25.1 Å². The molecule has 1 aliphatic heterocycles. The first kappa shape index (κ1) is 19.5. The first-order valence-electron chi connectivity index (χ1n) is 9.47. The van der Waals surface area contributed by atoms with Gasteiger partial charge in [0.15, 0.2) is 11.5 Å². The van der Waals surface area contributed by atoms with Gasteiger partial charge in [0.1, 0.15) is 6.07 Å². The number of carbonyl (C=O) groups excluding carboxylic acids is 1. The molecule has 2 aromatic heterocycles. The van der Waals surface area contributed by atoms with Crippen molar-refractivity contribution in [3.05, 3.63) is 35.8 Å². The van der Waals surface area contributed by atoms with Gasteiger partial charge in [0.25, 0.3) is 0 Å². The average molecular weight is 380 g/mol. The molecule has 0 radical (unpaired) electrons. The monoisotopic (exact) mass is 380 g/mol. The molecule has 9 nitrogen and oxygen atoms in total. The van der Waals surface area contributed by atoms with Crippen molar-refractivity contribution in [2.75, 3.05) is 49.1 Å². The van der Waals surface area contributed by atoms with Crippen molar-refractivity contribution in [1.29, 1.82) is 5.26 Å². The number of anilines is 2. The van der Waals surface area contributed by atoms with Gasteiger partial charge < -0.3 is 14.7 Å². The van der Waals surface area contributed by atoms with Crippen LogP contribution < -0.4 is 9.80 Å². The second-order valence-corrected chi connectivity index (χ2v) is 6.50. The van der Waals surface area contributed by atoms with Crippen molar-refractivity contribution in [2.24, 2.45) is 0 Å². The van der Waals surface area contributed by atoms with Crippen LogP contribution in [0.2, 0.25) is 0 Å². The van der Waals surface area contributed by atoms with Gasteiger partial charge in [-0.25, -0.2) is 9.97 Å². The van der Waals surface area contributed by atoms with Crippen molar-refractivity contribution < 1.29 is 4.79 Å². The normalized spacial score (nSPS) is 13.9. The van der Waals surface area contributed by atoms with Crippen molar-refractivity contribution >= 4 is 17.7 Å². The van der Waals surface area contributed by atoms with E-state index in [9.17, 15) is 4.79 Å². The van der Waals surface area contributed by atoms with Gasteiger partial charge in [0.05, 0.1) is 6.42 Å². The molecule has 0 aromatic carbocycles. The number of carbonyl (C=O) groups is 1. The average Bonchev–Trinajstić information content (AvgIpc) is 2.76. The first-order valence-corrected chi connectivity index (χ1v) is 9.47. The van der Waals surface area contributed by atoms with E-state index < -0.39 is 0 Å². The molecule has 28 heavy (non-hydrogen) atoms. The Labute approximate surface area is 164 Å². The molecule has 0 atom stereocenters. The van der Waals surface area contributed by atoms with E-state index in [2.05, 4.69) is 43.8 Å². The van der Waals surface area contributed by atoms with Crippen molar-refractivity contribution in [2.45, 2.75) is 20.3 Å². The third-order valence-corrected chi connectivity index (χ3v) is 4.81. The predicted molar refractivity (Wildman–Crippen MR) is 105 cm³/mol. The predicted octanol–water partition coefficient (Wildman–Crippen LogP) is 0.876. The van der Waals surface area contributed by atoms with E-state index in [1.54, 1.807) is 24.5 Å². The maximum absolute atomic E-state index is 12.6. The summed E-state index contributed by atoms with van der Waals surface area (Å²) in [6.45, 7) is 8.44. The van der Waals surface area contributed by atoms with Gasteiger partial charge in [0, 0.05) is 51.7 Å². The van der Waals surface area contributed by atoms with E-state index >= 15 is 0 Å². The number of hydrogen-bond donors (Lipinski definition) is 0. The van der Waals surface area contributed by atoms with Crippen molar-refractivity contribution in [3.8, 4) is 6.07 Å². The quantitative estimate of drug-likeness (QED) is 0.728. The van der Waals surface area contributed by atoms with Gasteiger partial charge in [-0.05, 0) is 31.5 Å². The van der Waals surface area contributed by atoms with Crippen LogP contribution in [0, 0.1) is 11.3 Å². The molecule has 1 aliphatic rings. The highest BCUT2D eigenvalue weighted by atomic mass is 16.2.